The van der Waals surface area contributed by atoms with Crippen molar-refractivity contribution >= 4 is 77.0 Å². The number of carboxylic acids is 1. The van der Waals surface area contributed by atoms with Gasteiger partial charge in [0.1, 0.15) is 61.4 Å². The van der Waals surface area contributed by atoms with E-state index >= 15 is 0 Å². The predicted octanol–water partition coefficient (Wildman–Crippen LogP) is 1.52. The molecule has 0 aliphatic carbocycles. The molecule has 0 unspecified atom stereocenters. The van der Waals surface area contributed by atoms with Crippen molar-refractivity contribution in [3.05, 3.63) is 71.8 Å². The first kappa shape index (κ1) is 121. The third-order valence-electron chi connectivity index (χ3n) is 23.5. The van der Waals surface area contributed by atoms with Crippen molar-refractivity contribution in [2.75, 3.05) is 212 Å². The highest BCUT2D eigenvalue weighted by molar-refractivity contribution is 6.15. The lowest BCUT2D eigenvalue weighted by atomic mass is 9.89. The number of aliphatic hydroxyl groups is 4. The van der Waals surface area contributed by atoms with Gasteiger partial charge in [-0.3, -0.25) is 58.3 Å². The third-order valence-corrected chi connectivity index (χ3v) is 23.5. The number of carboxylic acid groups (broad SMARTS) is 1. The van der Waals surface area contributed by atoms with Crippen molar-refractivity contribution in [3.63, 3.8) is 0 Å². The van der Waals surface area contributed by atoms with Crippen molar-refractivity contribution in [2.24, 2.45) is 29.4 Å². The number of rotatable bonds is 74. The van der Waals surface area contributed by atoms with E-state index in [0.29, 0.717) is 169 Å². The number of aliphatic carboxylic acids is 1. The molecule has 0 aromatic heterocycles. The van der Waals surface area contributed by atoms with Gasteiger partial charge in [-0.15, -0.1) is 0 Å². The fourth-order valence-corrected chi connectivity index (χ4v) is 15.6. The Balaban J connectivity index is 0.910. The number of nitrogens with one attached hydrogen (secondary N) is 6. The van der Waals surface area contributed by atoms with Gasteiger partial charge in [-0.2, -0.15) is 0 Å². The molecule has 0 saturated carbocycles. The van der Waals surface area contributed by atoms with E-state index in [0.717, 1.165) is 22.0 Å². The summed E-state index contributed by atoms with van der Waals surface area (Å²) in [6, 6.07) is 6.62. The number of carbonyl (C=O) groups is 12. The van der Waals surface area contributed by atoms with E-state index < -0.39 is 169 Å². The van der Waals surface area contributed by atoms with E-state index in [4.69, 9.17) is 86.3 Å². The number of likely N-dealkylation sites (N-methyl/N-ethyl adjacent to an activating group) is 2. The molecule has 0 spiro atoms. The number of nitrogens with two attached hydrogens (primary N) is 1. The molecule has 3 aliphatic rings. The Labute approximate surface area is 820 Å². The number of hydrogen-bond acceptors (Lipinski definition) is 34. The minimum absolute atomic E-state index is 0.0650. The van der Waals surface area contributed by atoms with Crippen molar-refractivity contribution in [1.82, 2.24) is 46.2 Å². The fraction of sp³-hybridized carbons (Fsp3) is 0.726. The van der Waals surface area contributed by atoms with E-state index in [1.165, 1.54) is 44.4 Å². The average Bonchev–Trinajstić information content (AvgIpc) is 1.12. The molecule has 3 aliphatic heterocycles. The third kappa shape index (κ3) is 42.3. The SMILES string of the molecule is CCCNC(=O)[C@H](CCCCNC(=O)CCOCCOCCOCCOCCOCCOCCOCCOCCOCCOCCOCCOC(=O)Nc1cc(COC(=O)N(C)[C@H](C(=O)N[C@H](C(=O)N(C)[C@@H]([C@@H](C)CC)[C@@H](CC(=O)N2CCC[C@H]2[C@H](OC)[C@@H](C)C(=O)N[C@H](C)[C@@H](O)c2ccccc2)OC)C(C)C)C(C)C)ccc1O[C@@H]1O[C@@H](C(=O)O)[C@@H](O)[C@H](O)[C@H]1O)NC(=O)[C@@H](CN)N1C(=O)C=CC1=O. The molecule has 794 valence electrons. The highest BCUT2D eigenvalue weighted by atomic mass is 16.7. The monoisotopic (exact) mass is 1990 g/mol. The maximum atomic E-state index is 14.9. The number of hydrogen-bond donors (Lipinski definition) is 12. The summed E-state index contributed by atoms with van der Waals surface area (Å²) in [5.74, 6) is -8.33. The Morgan fingerprint density at radius 3 is 1.61 bits per heavy atom. The minimum atomic E-state index is -2.04. The zero-order chi connectivity index (χ0) is 103. The molecule has 45 nitrogen and oxygen atoms in total. The Morgan fingerprint density at radius 1 is 0.586 bits per heavy atom. The highest BCUT2D eigenvalue weighted by Gasteiger charge is 2.50. The molecule has 45 heteroatoms. The lowest BCUT2D eigenvalue weighted by Gasteiger charge is -2.41. The van der Waals surface area contributed by atoms with E-state index in [2.05, 4.69) is 31.9 Å². The van der Waals surface area contributed by atoms with Gasteiger partial charge in [0.15, 0.2) is 6.10 Å². The zero-order valence-corrected chi connectivity index (χ0v) is 83.3. The van der Waals surface area contributed by atoms with Crippen LogP contribution < -0.4 is 42.4 Å². The number of methoxy groups -OCH3 is 2. The summed E-state index contributed by atoms with van der Waals surface area (Å²) in [5.41, 5.74) is 6.42. The lowest BCUT2D eigenvalue weighted by molar-refractivity contribution is -0.271. The molecule has 2 aromatic carbocycles. The standard InChI is InChI=1S/C95H155N11O34/c1-14-31-98-88(116)68(100-89(117)71(59-96)106-75(108)28-29-76(106)109)24-19-20-32-97-74(107)30-34-126-35-36-127-37-38-128-39-40-129-41-42-130-43-44-131-45-46-132-47-48-133-49-50-134-51-52-135-53-54-136-55-56-137-94(122)101-69-57-66(26-27-72(69)139-93-84(114)82(112)83(113)86(140-93)92(120)121)60-138-95(123)104(11)79(62(5)6)90(118)102-78(61(3)4)91(119)103(10)80(63(7)15-2)73(124-12)58-77(110)105-33-21-25-70(105)85(125-13)64(8)87(115)99-65(9)81(111)67-22-17-16-18-23-67/h16-18,22-23,26-29,57,61-65,68,70-71,73,78-86,93,111-114H,14-15,19-21,24-25,30-56,58-60,96H2,1-13H3,(H,97,107)(H,98,116)(H,99,115)(H,100,117)(H,101,122)(H,102,118)(H,120,121)/t63-,64+,65+,68-,70-,71+,73+,78-,79-,80-,81+,82-,83-,84+,85+,86+,93+/m0/s1. The van der Waals surface area contributed by atoms with Crippen LogP contribution in [0.2, 0.25) is 0 Å². The Hall–Kier alpha value is -9.34. The van der Waals surface area contributed by atoms with Crippen molar-refractivity contribution in [2.45, 2.75) is 218 Å². The van der Waals surface area contributed by atoms with Gasteiger partial charge < -0.3 is 148 Å². The van der Waals surface area contributed by atoms with Crippen LogP contribution in [0.3, 0.4) is 0 Å². The summed E-state index contributed by atoms with van der Waals surface area (Å²) < 4.78 is 95.3. The second-order valence-corrected chi connectivity index (χ2v) is 34.6. The lowest BCUT2D eigenvalue weighted by Crippen LogP contribution is -2.61. The Morgan fingerprint density at radius 2 is 1.12 bits per heavy atom. The van der Waals surface area contributed by atoms with Crippen LogP contribution in [0.5, 0.6) is 5.75 Å². The maximum Gasteiger partial charge on any atom is 0.411 e. The molecule has 5 rings (SSSR count). The molecular weight excluding hydrogens is 1840 g/mol. The number of imide groups is 1. The maximum absolute atomic E-state index is 14.9. The summed E-state index contributed by atoms with van der Waals surface area (Å²) >= 11 is 0. The first-order valence-corrected chi connectivity index (χ1v) is 48.1. The molecule has 0 radical (unpaired) electrons. The van der Waals surface area contributed by atoms with Gasteiger partial charge >= 0.3 is 18.2 Å². The first-order chi connectivity index (χ1) is 67.2. The largest absolute Gasteiger partial charge is 0.479 e. The molecule has 13 N–H and O–H groups in total. The number of carbonyl (C=O) groups excluding carboxylic acids is 11. The van der Waals surface area contributed by atoms with Gasteiger partial charge in [-0.05, 0) is 86.5 Å². The van der Waals surface area contributed by atoms with E-state index in [-0.39, 0.29) is 113 Å². The summed E-state index contributed by atoms with van der Waals surface area (Å²) in [5, 5.41) is 69.0. The molecular formula is C95H155N11O34. The van der Waals surface area contributed by atoms with Crippen LogP contribution in [0.1, 0.15) is 137 Å². The number of amides is 11. The van der Waals surface area contributed by atoms with Crippen LogP contribution in [-0.2, 0) is 130 Å². The van der Waals surface area contributed by atoms with Crippen molar-refractivity contribution in [1.29, 1.82) is 0 Å². The number of anilines is 1. The molecule has 2 fully saturated rings. The quantitative estimate of drug-likeness (QED) is 0.0330. The molecule has 17 atom stereocenters. The van der Waals surface area contributed by atoms with E-state index in [1.807, 2.05) is 26.8 Å². The van der Waals surface area contributed by atoms with Gasteiger partial charge in [0.2, 0.25) is 47.6 Å². The number of ether oxygens (including phenoxy) is 17. The average molecular weight is 2000 g/mol. The second-order valence-electron chi connectivity index (χ2n) is 34.6. The number of unbranched alkanes of at least 4 members (excludes halogenated alkanes) is 1. The minimum Gasteiger partial charge on any atom is -0.479 e. The summed E-state index contributed by atoms with van der Waals surface area (Å²) in [6.45, 7) is 23.0. The number of aliphatic hydroxyl groups excluding tert-OH is 4. The molecule has 0 bridgehead atoms. The number of benzene rings is 2. The predicted molar refractivity (Wildman–Crippen MR) is 504 cm³/mol. The van der Waals surface area contributed by atoms with Gasteiger partial charge in [0, 0.05) is 73.1 Å². The second kappa shape index (κ2) is 68.0. The highest BCUT2D eigenvalue weighted by Crippen LogP contribution is 2.34. The summed E-state index contributed by atoms with van der Waals surface area (Å²) in [7, 11) is 5.92. The van der Waals surface area contributed by atoms with Gasteiger partial charge in [-0.25, -0.2) is 14.4 Å². The van der Waals surface area contributed by atoms with E-state index in [9.17, 15) is 83.1 Å². The fourth-order valence-electron chi connectivity index (χ4n) is 15.6. The molecule has 3 heterocycles. The first-order valence-electron chi connectivity index (χ1n) is 48.1. The van der Waals surface area contributed by atoms with Gasteiger partial charge in [-0.1, -0.05) is 98.2 Å². The molecule has 2 aromatic rings. The van der Waals surface area contributed by atoms with Crippen LogP contribution in [0, 0.1) is 23.7 Å². The smallest absolute Gasteiger partial charge is 0.411 e. The van der Waals surface area contributed by atoms with Crippen molar-refractivity contribution in [3.8, 4) is 5.75 Å². The number of likely N-dealkylation sites (tertiary alicyclic amines) is 1. The zero-order valence-electron chi connectivity index (χ0n) is 83.3. The van der Waals surface area contributed by atoms with E-state index in [1.54, 1.807) is 77.8 Å². The van der Waals surface area contributed by atoms with Crippen LogP contribution in [0.25, 0.3) is 0 Å². The molecule has 11 amide bonds. The van der Waals surface area contributed by atoms with Crippen LogP contribution in [0.4, 0.5) is 15.3 Å². The van der Waals surface area contributed by atoms with Gasteiger partial charge in [0.25, 0.3) is 11.8 Å². The molecule has 140 heavy (non-hydrogen) atoms. The number of nitrogens with zero attached hydrogens (tertiary/aromatic N) is 4. The van der Waals surface area contributed by atoms with Crippen LogP contribution >= 0.6 is 0 Å². The normalized spacial score (nSPS) is 18.8. The summed E-state index contributed by atoms with van der Waals surface area (Å²) in [6.07, 6.45) is -8.66. The van der Waals surface area contributed by atoms with Crippen LogP contribution in [0.15, 0.2) is 60.7 Å². The Kier molecular flexibility index (Phi) is 58.8. The summed E-state index contributed by atoms with van der Waals surface area (Å²) in [4.78, 5) is 165. The van der Waals surface area contributed by atoms with Crippen molar-refractivity contribution < 1.29 is 164 Å². The Bertz CT molecular complexity index is 4020. The molecule has 2 saturated heterocycles. The van der Waals surface area contributed by atoms with Gasteiger partial charge in [0.05, 0.1) is 200 Å². The topological polar surface area (TPSA) is 574 Å². The van der Waals surface area contributed by atoms with Crippen LogP contribution in [-0.4, -0.2) is 408 Å².